The number of rotatable bonds is 5. The highest BCUT2D eigenvalue weighted by molar-refractivity contribution is 5.87. The van der Waals surface area contributed by atoms with Gasteiger partial charge in [-0.1, -0.05) is 12.1 Å². The molecule has 0 aliphatic rings. The quantitative estimate of drug-likeness (QED) is 0.501. The molecule has 0 bridgehead atoms. The highest BCUT2D eigenvalue weighted by atomic mass is 19.1. The molecule has 0 aliphatic carbocycles. The summed E-state index contributed by atoms with van der Waals surface area (Å²) < 4.78 is 23.7. The molecular formula is C20H14FN3O3. The lowest BCUT2D eigenvalue weighted by Crippen LogP contribution is -2.06. The van der Waals surface area contributed by atoms with Crippen LogP contribution in [0.5, 0.6) is 0 Å². The van der Waals surface area contributed by atoms with Crippen LogP contribution in [-0.4, -0.2) is 16.2 Å². The van der Waals surface area contributed by atoms with E-state index in [1.807, 2.05) is 6.07 Å². The molecule has 3 rings (SSSR count). The molecule has 0 unspecified atom stereocenters. The van der Waals surface area contributed by atoms with Crippen LogP contribution in [0.3, 0.4) is 0 Å². The van der Waals surface area contributed by atoms with E-state index in [9.17, 15) is 9.18 Å². The van der Waals surface area contributed by atoms with Crippen molar-refractivity contribution in [2.75, 3.05) is 0 Å². The summed E-state index contributed by atoms with van der Waals surface area (Å²) in [7, 11) is 0. The first kappa shape index (κ1) is 18.0. The zero-order valence-corrected chi connectivity index (χ0v) is 14.3. The third kappa shape index (κ3) is 4.64. The second-order valence-electron chi connectivity index (χ2n) is 5.60. The molecule has 1 heterocycles. The Morgan fingerprint density at radius 1 is 1.19 bits per heavy atom. The number of carbonyl (C=O) groups excluding carboxylic acids is 1. The second-order valence-corrected chi connectivity index (χ2v) is 5.60. The van der Waals surface area contributed by atoms with Gasteiger partial charge in [-0.05, 0) is 55.0 Å². The minimum Gasteiger partial charge on any atom is -0.449 e. The first-order chi connectivity index (χ1) is 13.0. The maximum atomic E-state index is 13.0. The topological polar surface area (TPSA) is 89.0 Å². The molecule has 3 aromatic rings. The fraction of sp³-hybridized carbons (Fsp3) is 0.100. The predicted molar refractivity (Wildman–Crippen MR) is 94.4 cm³/mol. The van der Waals surface area contributed by atoms with Gasteiger partial charge in [0, 0.05) is 11.6 Å². The van der Waals surface area contributed by atoms with E-state index in [0.29, 0.717) is 11.1 Å². The molecule has 0 radical (unpaired) electrons. The number of hydrogen-bond donors (Lipinski definition) is 0. The molecule has 7 heteroatoms. The van der Waals surface area contributed by atoms with Gasteiger partial charge in [0.2, 0.25) is 5.89 Å². The van der Waals surface area contributed by atoms with Crippen LogP contribution in [0.25, 0.3) is 17.5 Å². The van der Waals surface area contributed by atoms with Crippen molar-refractivity contribution >= 4 is 12.0 Å². The summed E-state index contributed by atoms with van der Waals surface area (Å²) in [4.78, 5) is 11.9. The Morgan fingerprint density at radius 2 is 1.89 bits per heavy atom. The molecule has 0 saturated heterocycles. The summed E-state index contributed by atoms with van der Waals surface area (Å²) in [5.41, 5.74) is 1.86. The smallest absolute Gasteiger partial charge is 0.331 e. The van der Waals surface area contributed by atoms with Crippen molar-refractivity contribution in [1.29, 1.82) is 5.26 Å². The number of nitrogens with zero attached hydrogens (tertiary/aromatic N) is 3. The summed E-state index contributed by atoms with van der Waals surface area (Å²) in [6, 6.07) is 14.4. The second kappa shape index (κ2) is 8.06. The number of nitriles is 1. The fourth-order valence-corrected chi connectivity index (χ4v) is 2.20. The standard InChI is InChI=1S/C20H14FN3O3/c1-13(19-23-24-20(27-19)16-7-9-17(21)10-8-16)26-18(25)11-6-14-2-4-15(12-22)5-3-14/h2-11,13H,1H3/b11-6+/t13-/m0/s1. The van der Waals surface area contributed by atoms with Gasteiger partial charge < -0.3 is 9.15 Å². The van der Waals surface area contributed by atoms with Crippen LogP contribution in [-0.2, 0) is 9.53 Å². The minimum atomic E-state index is -0.746. The minimum absolute atomic E-state index is 0.134. The van der Waals surface area contributed by atoms with Crippen molar-refractivity contribution in [3.8, 4) is 17.5 Å². The Hall–Kier alpha value is -3.79. The van der Waals surface area contributed by atoms with E-state index in [0.717, 1.165) is 5.56 Å². The van der Waals surface area contributed by atoms with Crippen LogP contribution >= 0.6 is 0 Å². The predicted octanol–water partition coefficient (Wildman–Crippen LogP) is 4.06. The number of aromatic nitrogens is 2. The van der Waals surface area contributed by atoms with Crippen LogP contribution in [0.1, 0.15) is 30.0 Å². The van der Waals surface area contributed by atoms with Gasteiger partial charge in [0.25, 0.3) is 5.89 Å². The average molecular weight is 363 g/mol. The van der Waals surface area contributed by atoms with E-state index in [1.54, 1.807) is 37.3 Å². The van der Waals surface area contributed by atoms with E-state index < -0.39 is 12.1 Å². The zero-order valence-electron chi connectivity index (χ0n) is 14.3. The first-order valence-electron chi connectivity index (χ1n) is 8.03. The Bertz CT molecular complexity index is 1000. The molecular weight excluding hydrogens is 349 g/mol. The van der Waals surface area contributed by atoms with Crippen molar-refractivity contribution < 1.29 is 18.3 Å². The molecule has 27 heavy (non-hydrogen) atoms. The number of hydrogen-bond acceptors (Lipinski definition) is 6. The van der Waals surface area contributed by atoms with Gasteiger partial charge in [-0.15, -0.1) is 10.2 Å². The van der Waals surface area contributed by atoms with E-state index in [-0.39, 0.29) is 17.6 Å². The highest BCUT2D eigenvalue weighted by Crippen LogP contribution is 2.22. The molecule has 0 fully saturated rings. The van der Waals surface area contributed by atoms with Gasteiger partial charge in [-0.25, -0.2) is 9.18 Å². The van der Waals surface area contributed by atoms with Crippen molar-refractivity contribution in [3.63, 3.8) is 0 Å². The summed E-state index contributed by atoms with van der Waals surface area (Å²) in [6.07, 6.45) is 2.10. The third-order valence-corrected chi connectivity index (χ3v) is 3.62. The first-order valence-corrected chi connectivity index (χ1v) is 8.03. The molecule has 0 spiro atoms. The maximum absolute atomic E-state index is 13.0. The Morgan fingerprint density at radius 3 is 2.56 bits per heavy atom. The van der Waals surface area contributed by atoms with Gasteiger partial charge >= 0.3 is 5.97 Å². The van der Waals surface area contributed by atoms with Crippen molar-refractivity contribution in [1.82, 2.24) is 10.2 Å². The normalized spacial score (nSPS) is 11.9. The average Bonchev–Trinajstić information content (AvgIpc) is 3.18. The number of benzene rings is 2. The number of carbonyl (C=O) groups is 1. The summed E-state index contributed by atoms with van der Waals surface area (Å²) in [5.74, 6) is -0.598. The van der Waals surface area contributed by atoms with Gasteiger partial charge in [-0.3, -0.25) is 0 Å². The van der Waals surface area contributed by atoms with Crippen molar-refractivity contribution in [2.24, 2.45) is 0 Å². The van der Waals surface area contributed by atoms with Gasteiger partial charge in [0.05, 0.1) is 11.6 Å². The van der Waals surface area contributed by atoms with Gasteiger partial charge in [0.15, 0.2) is 6.10 Å². The Balaban J connectivity index is 1.62. The Labute approximate surface area is 154 Å². The largest absolute Gasteiger partial charge is 0.449 e. The van der Waals surface area contributed by atoms with Crippen LogP contribution in [0.4, 0.5) is 4.39 Å². The van der Waals surface area contributed by atoms with E-state index >= 15 is 0 Å². The molecule has 1 atom stereocenters. The third-order valence-electron chi connectivity index (χ3n) is 3.62. The molecule has 0 saturated carbocycles. The Kier molecular flexibility index (Phi) is 5.38. The van der Waals surface area contributed by atoms with Crippen molar-refractivity contribution in [3.05, 3.63) is 77.4 Å². The monoisotopic (exact) mass is 363 g/mol. The zero-order chi connectivity index (χ0) is 19.2. The van der Waals surface area contributed by atoms with E-state index in [2.05, 4.69) is 10.2 Å². The number of esters is 1. The van der Waals surface area contributed by atoms with Gasteiger partial charge in [-0.2, -0.15) is 5.26 Å². The fourth-order valence-electron chi connectivity index (χ4n) is 2.20. The molecule has 6 nitrogen and oxygen atoms in total. The lowest BCUT2D eigenvalue weighted by molar-refractivity contribution is -0.143. The molecule has 1 aromatic heterocycles. The molecule has 2 aromatic carbocycles. The van der Waals surface area contributed by atoms with Crippen LogP contribution in [0.15, 0.2) is 59.0 Å². The number of halogens is 1. The molecule has 0 aliphatic heterocycles. The summed E-state index contributed by atoms with van der Waals surface area (Å²) in [5, 5.41) is 16.5. The highest BCUT2D eigenvalue weighted by Gasteiger charge is 2.18. The van der Waals surface area contributed by atoms with Crippen molar-refractivity contribution in [2.45, 2.75) is 13.0 Å². The van der Waals surface area contributed by atoms with Crippen LogP contribution < -0.4 is 0 Å². The lowest BCUT2D eigenvalue weighted by Gasteiger charge is -2.06. The van der Waals surface area contributed by atoms with Gasteiger partial charge in [0.1, 0.15) is 5.82 Å². The SMILES string of the molecule is C[C@H](OC(=O)/C=C/c1ccc(C#N)cc1)c1nnc(-c2ccc(F)cc2)o1. The number of ether oxygens (including phenoxy) is 1. The van der Waals surface area contributed by atoms with Crippen LogP contribution in [0.2, 0.25) is 0 Å². The maximum Gasteiger partial charge on any atom is 0.331 e. The summed E-state index contributed by atoms with van der Waals surface area (Å²) >= 11 is 0. The summed E-state index contributed by atoms with van der Waals surface area (Å²) in [6.45, 7) is 1.61. The molecule has 0 amide bonds. The van der Waals surface area contributed by atoms with E-state index in [4.69, 9.17) is 14.4 Å². The lowest BCUT2D eigenvalue weighted by atomic mass is 10.1. The molecule has 134 valence electrons. The van der Waals surface area contributed by atoms with Crippen LogP contribution in [0, 0.1) is 17.1 Å². The van der Waals surface area contributed by atoms with E-state index in [1.165, 1.54) is 30.3 Å². The molecule has 0 N–H and O–H groups in total.